The van der Waals surface area contributed by atoms with Gasteiger partial charge in [0.1, 0.15) is 11.6 Å². The number of rotatable bonds is 4. The van der Waals surface area contributed by atoms with Gasteiger partial charge in [-0.1, -0.05) is 6.07 Å². The smallest absolute Gasteiger partial charge is 0.199 e. The molecule has 0 bridgehead atoms. The second-order valence-corrected chi connectivity index (χ2v) is 4.39. The second kappa shape index (κ2) is 5.05. The van der Waals surface area contributed by atoms with Gasteiger partial charge in [0, 0.05) is 11.6 Å². The van der Waals surface area contributed by atoms with Crippen LogP contribution in [0.15, 0.2) is 29.8 Å². The first-order chi connectivity index (χ1) is 8.59. The average molecular weight is 265 g/mol. The number of Topliss-reactive ketones (excluding diaryl/α,β-unsaturated/α-hetero) is 2. The Morgan fingerprint density at radius 3 is 2.72 bits per heavy atom. The number of carbonyl (C=O) groups excluding carboxylic acids is 2. The van der Waals surface area contributed by atoms with Gasteiger partial charge in [0.15, 0.2) is 16.6 Å². The van der Waals surface area contributed by atoms with Crippen LogP contribution in [-0.2, 0) is 0 Å². The van der Waals surface area contributed by atoms with E-state index < -0.39 is 35.1 Å². The van der Waals surface area contributed by atoms with Crippen molar-refractivity contribution in [3.05, 3.63) is 46.2 Å². The maximum atomic E-state index is 13.4. The molecule has 0 aliphatic rings. The van der Waals surface area contributed by atoms with E-state index in [-0.39, 0.29) is 5.01 Å². The molecule has 1 aromatic carbocycles. The van der Waals surface area contributed by atoms with Crippen molar-refractivity contribution in [2.24, 2.45) is 0 Å². The predicted molar refractivity (Wildman–Crippen MR) is 63.5 cm³/mol. The number of aromatic nitrogens is 1. The van der Waals surface area contributed by atoms with Crippen molar-refractivity contribution in [1.82, 2.24) is 4.98 Å². The quantitative estimate of drug-likeness (QED) is 0.681. The maximum absolute atomic E-state index is 13.4. The van der Waals surface area contributed by atoms with Gasteiger partial charge < -0.3 is 5.11 Å². The zero-order valence-electron chi connectivity index (χ0n) is 9.09. The Morgan fingerprint density at radius 2 is 2.11 bits per heavy atom. The molecule has 0 atom stereocenters. The lowest BCUT2D eigenvalue weighted by Crippen LogP contribution is -2.10. The van der Waals surface area contributed by atoms with Gasteiger partial charge >= 0.3 is 0 Å². The summed E-state index contributed by atoms with van der Waals surface area (Å²) in [5.41, 5.74) is -0.456. The fraction of sp³-hybridized carbons (Fsp3) is 0.0833. The molecule has 0 amide bonds. The van der Waals surface area contributed by atoms with Gasteiger partial charge in [0.2, 0.25) is 0 Å². The number of hydrogen-bond donors (Lipinski definition) is 1. The Kier molecular flexibility index (Phi) is 3.47. The Morgan fingerprint density at radius 1 is 1.33 bits per heavy atom. The molecule has 1 aromatic heterocycles. The fourth-order valence-corrected chi connectivity index (χ4v) is 2.04. The number of phenolic OH excluding ortho intramolecular Hbond substituents is 1. The average Bonchev–Trinajstić information content (AvgIpc) is 2.81. The van der Waals surface area contributed by atoms with Crippen molar-refractivity contribution in [2.45, 2.75) is 6.42 Å². The molecule has 1 heterocycles. The van der Waals surface area contributed by atoms with Gasteiger partial charge in [-0.2, -0.15) is 0 Å². The first kappa shape index (κ1) is 12.4. The first-order valence-corrected chi connectivity index (χ1v) is 5.91. The summed E-state index contributed by atoms with van der Waals surface area (Å²) >= 11 is 1.11. The Balaban J connectivity index is 2.20. The molecular weight excluding hydrogens is 257 g/mol. The van der Waals surface area contributed by atoms with E-state index in [4.69, 9.17) is 0 Å². The molecule has 0 unspecified atom stereocenters. The number of thiazole rings is 1. The summed E-state index contributed by atoms with van der Waals surface area (Å²) < 4.78 is 13.4. The van der Waals surface area contributed by atoms with Crippen molar-refractivity contribution >= 4 is 22.9 Å². The zero-order chi connectivity index (χ0) is 13.1. The molecule has 2 rings (SSSR count). The standard InChI is InChI=1S/C12H8FNO3S/c13-7-2-1-3-8(15)11(7)9(16)6-10(17)12-14-4-5-18-12/h1-5,15H,6H2. The van der Waals surface area contributed by atoms with Crippen LogP contribution in [0.25, 0.3) is 0 Å². The molecule has 18 heavy (non-hydrogen) atoms. The highest BCUT2D eigenvalue weighted by Gasteiger charge is 2.21. The molecule has 0 spiro atoms. The molecular formula is C12H8FNO3S. The summed E-state index contributed by atoms with van der Waals surface area (Å²) in [5.74, 6) is -2.55. The molecule has 0 saturated carbocycles. The third kappa shape index (κ3) is 2.43. The van der Waals surface area contributed by atoms with E-state index in [1.54, 1.807) is 5.38 Å². The zero-order valence-corrected chi connectivity index (χ0v) is 9.91. The number of hydrogen-bond acceptors (Lipinski definition) is 5. The molecule has 4 nitrogen and oxygen atoms in total. The van der Waals surface area contributed by atoms with Crippen molar-refractivity contribution < 1.29 is 19.1 Å². The van der Waals surface area contributed by atoms with E-state index in [9.17, 15) is 19.1 Å². The molecule has 0 aliphatic heterocycles. The Labute approximate surface area is 106 Å². The van der Waals surface area contributed by atoms with E-state index in [1.807, 2.05) is 0 Å². The lowest BCUT2D eigenvalue weighted by molar-refractivity contribution is 0.0890. The number of aromatic hydroxyl groups is 1. The first-order valence-electron chi connectivity index (χ1n) is 5.03. The Bertz CT molecular complexity index is 575. The highest BCUT2D eigenvalue weighted by molar-refractivity contribution is 7.11. The van der Waals surface area contributed by atoms with Crippen LogP contribution >= 0.6 is 11.3 Å². The van der Waals surface area contributed by atoms with Crippen molar-refractivity contribution in [3.8, 4) is 5.75 Å². The summed E-state index contributed by atoms with van der Waals surface area (Å²) in [6.07, 6.45) is 0.935. The molecule has 0 fully saturated rings. The van der Waals surface area contributed by atoms with Gasteiger partial charge in [-0.15, -0.1) is 11.3 Å². The van der Waals surface area contributed by atoms with Crippen LogP contribution in [0.5, 0.6) is 5.75 Å². The molecule has 0 saturated heterocycles. The fourth-order valence-electron chi connectivity index (χ4n) is 1.46. The van der Waals surface area contributed by atoms with Crippen LogP contribution in [0.4, 0.5) is 4.39 Å². The lowest BCUT2D eigenvalue weighted by atomic mass is 10.0. The van der Waals surface area contributed by atoms with Gasteiger partial charge in [-0.05, 0) is 12.1 Å². The van der Waals surface area contributed by atoms with Crippen LogP contribution in [0.3, 0.4) is 0 Å². The number of carbonyl (C=O) groups is 2. The van der Waals surface area contributed by atoms with Gasteiger partial charge in [-0.3, -0.25) is 9.59 Å². The van der Waals surface area contributed by atoms with E-state index >= 15 is 0 Å². The molecule has 6 heteroatoms. The van der Waals surface area contributed by atoms with Gasteiger partial charge in [-0.25, -0.2) is 9.37 Å². The SMILES string of the molecule is O=C(CC(=O)c1c(O)cccc1F)c1nccs1. The highest BCUT2D eigenvalue weighted by atomic mass is 32.1. The maximum Gasteiger partial charge on any atom is 0.199 e. The molecule has 1 N–H and O–H groups in total. The minimum absolute atomic E-state index is 0.194. The largest absolute Gasteiger partial charge is 0.507 e. The summed E-state index contributed by atoms with van der Waals surface area (Å²) in [7, 11) is 0. The molecule has 92 valence electrons. The minimum atomic E-state index is -0.841. The third-order valence-corrected chi connectivity index (χ3v) is 3.08. The summed E-state index contributed by atoms with van der Waals surface area (Å²) in [5, 5.41) is 11.2. The van der Waals surface area contributed by atoms with E-state index in [1.165, 1.54) is 18.3 Å². The van der Waals surface area contributed by atoms with Crippen LogP contribution in [0, 0.1) is 5.82 Å². The second-order valence-electron chi connectivity index (χ2n) is 3.49. The topological polar surface area (TPSA) is 67.3 Å². The monoisotopic (exact) mass is 265 g/mol. The number of phenols is 1. The molecule has 0 aliphatic carbocycles. The van der Waals surface area contributed by atoms with E-state index in [0.29, 0.717) is 0 Å². The van der Waals surface area contributed by atoms with Gasteiger partial charge in [0.05, 0.1) is 12.0 Å². The summed E-state index contributed by atoms with van der Waals surface area (Å²) in [4.78, 5) is 27.2. The minimum Gasteiger partial charge on any atom is -0.507 e. The third-order valence-electron chi connectivity index (χ3n) is 2.26. The molecule has 2 aromatic rings. The van der Waals surface area contributed by atoms with E-state index in [0.717, 1.165) is 17.4 Å². The number of halogens is 1. The Hall–Kier alpha value is -2.08. The lowest BCUT2D eigenvalue weighted by Gasteiger charge is -2.03. The number of ketones is 2. The predicted octanol–water partition coefficient (Wildman–Crippen LogP) is 2.44. The number of benzene rings is 1. The normalized spacial score (nSPS) is 10.3. The van der Waals surface area contributed by atoms with Crippen molar-refractivity contribution in [2.75, 3.05) is 0 Å². The van der Waals surface area contributed by atoms with Crippen molar-refractivity contribution in [1.29, 1.82) is 0 Å². The van der Waals surface area contributed by atoms with Gasteiger partial charge in [0.25, 0.3) is 0 Å². The molecule has 0 radical (unpaired) electrons. The van der Waals surface area contributed by atoms with Crippen molar-refractivity contribution in [3.63, 3.8) is 0 Å². The summed E-state index contributed by atoms with van der Waals surface area (Å²) in [6, 6.07) is 3.54. The van der Waals surface area contributed by atoms with Crippen LogP contribution in [0.2, 0.25) is 0 Å². The van der Waals surface area contributed by atoms with Crippen LogP contribution < -0.4 is 0 Å². The van der Waals surface area contributed by atoms with Crippen LogP contribution in [0.1, 0.15) is 26.6 Å². The van der Waals surface area contributed by atoms with E-state index in [2.05, 4.69) is 4.98 Å². The summed E-state index contributed by atoms with van der Waals surface area (Å²) in [6.45, 7) is 0. The highest BCUT2D eigenvalue weighted by Crippen LogP contribution is 2.22. The number of nitrogens with zero attached hydrogens (tertiary/aromatic N) is 1. The van der Waals surface area contributed by atoms with Crippen LogP contribution in [-0.4, -0.2) is 21.7 Å².